The van der Waals surface area contributed by atoms with Gasteiger partial charge in [0.15, 0.2) is 5.82 Å². The number of carbonyl (C=O) groups excluding carboxylic acids is 2. The van der Waals surface area contributed by atoms with Gasteiger partial charge in [-0.05, 0) is 56.2 Å². The molecule has 1 aliphatic carbocycles. The molecule has 2 aliphatic rings. The summed E-state index contributed by atoms with van der Waals surface area (Å²) < 4.78 is 4.96. The average molecular weight is 440 g/mol. The summed E-state index contributed by atoms with van der Waals surface area (Å²) in [6, 6.07) is 8.34. The van der Waals surface area contributed by atoms with Crippen LogP contribution >= 0.6 is 0 Å². The summed E-state index contributed by atoms with van der Waals surface area (Å²) in [6.45, 7) is 7.54. The van der Waals surface area contributed by atoms with Gasteiger partial charge in [0.05, 0.1) is 19.1 Å². The summed E-state index contributed by atoms with van der Waals surface area (Å²) in [4.78, 5) is 29.0. The van der Waals surface area contributed by atoms with Crippen molar-refractivity contribution in [2.45, 2.75) is 45.6 Å². The van der Waals surface area contributed by atoms with E-state index in [4.69, 9.17) is 4.52 Å². The normalized spacial score (nSPS) is 18.1. The Morgan fingerprint density at radius 3 is 2.31 bits per heavy atom. The van der Waals surface area contributed by atoms with Gasteiger partial charge in [-0.1, -0.05) is 23.4 Å². The van der Waals surface area contributed by atoms with Gasteiger partial charge in [0.25, 0.3) is 0 Å². The molecule has 2 aromatic rings. The van der Waals surface area contributed by atoms with Crippen LogP contribution in [0.4, 0.5) is 5.82 Å². The number of hydrogen-bond donors (Lipinski definition) is 2. The SMILES string of the molecule is Cc1cc(NC(=O)CN2CCN(CC(=O)NC(C)c3ccc4c(c3)CCCC4)CC2)no1. The maximum Gasteiger partial charge on any atom is 0.239 e. The first kappa shape index (κ1) is 22.5. The second kappa shape index (κ2) is 10.3. The molecule has 0 radical (unpaired) electrons. The van der Waals surface area contributed by atoms with Crippen LogP contribution in [0.5, 0.6) is 0 Å². The summed E-state index contributed by atoms with van der Waals surface area (Å²) in [5.74, 6) is 1.04. The molecular formula is C24H33N5O3. The third-order valence-corrected chi connectivity index (χ3v) is 6.34. The van der Waals surface area contributed by atoms with Crippen LogP contribution in [0.3, 0.4) is 0 Å². The van der Waals surface area contributed by atoms with Crippen molar-refractivity contribution < 1.29 is 14.1 Å². The Bertz CT molecular complexity index is 949. The maximum absolute atomic E-state index is 12.6. The molecule has 1 aliphatic heterocycles. The minimum atomic E-state index is -0.108. The zero-order valence-corrected chi connectivity index (χ0v) is 19.0. The van der Waals surface area contributed by atoms with Gasteiger partial charge in [0, 0.05) is 32.2 Å². The fourth-order valence-corrected chi connectivity index (χ4v) is 4.51. The number of amides is 2. The lowest BCUT2D eigenvalue weighted by Gasteiger charge is -2.34. The number of carbonyl (C=O) groups is 2. The van der Waals surface area contributed by atoms with Crippen molar-refractivity contribution in [3.05, 3.63) is 46.7 Å². The summed E-state index contributed by atoms with van der Waals surface area (Å²) in [6.07, 6.45) is 4.84. The number of rotatable bonds is 7. The molecule has 8 nitrogen and oxygen atoms in total. The van der Waals surface area contributed by atoms with Gasteiger partial charge in [-0.3, -0.25) is 19.4 Å². The minimum absolute atomic E-state index is 0.000112. The quantitative estimate of drug-likeness (QED) is 0.688. The molecule has 1 unspecified atom stereocenters. The Hall–Kier alpha value is -2.71. The van der Waals surface area contributed by atoms with Crippen LogP contribution in [0.2, 0.25) is 0 Å². The van der Waals surface area contributed by atoms with Gasteiger partial charge < -0.3 is 15.2 Å². The molecule has 1 atom stereocenters. The highest BCUT2D eigenvalue weighted by molar-refractivity contribution is 5.91. The van der Waals surface area contributed by atoms with E-state index in [1.165, 1.54) is 36.0 Å². The first-order chi connectivity index (χ1) is 15.5. The number of nitrogens with one attached hydrogen (secondary N) is 2. The molecule has 0 bridgehead atoms. The summed E-state index contributed by atoms with van der Waals surface area (Å²) in [7, 11) is 0. The third-order valence-electron chi connectivity index (χ3n) is 6.34. The number of aromatic nitrogens is 1. The molecule has 2 N–H and O–H groups in total. The molecule has 32 heavy (non-hydrogen) atoms. The van der Waals surface area contributed by atoms with Gasteiger partial charge in [0.2, 0.25) is 11.8 Å². The summed E-state index contributed by atoms with van der Waals surface area (Å²) >= 11 is 0. The monoisotopic (exact) mass is 439 g/mol. The Morgan fingerprint density at radius 2 is 1.66 bits per heavy atom. The van der Waals surface area contributed by atoms with E-state index in [9.17, 15) is 9.59 Å². The van der Waals surface area contributed by atoms with E-state index in [-0.39, 0.29) is 17.9 Å². The summed E-state index contributed by atoms with van der Waals surface area (Å²) in [5, 5.41) is 9.68. The molecule has 2 heterocycles. The van der Waals surface area contributed by atoms with Crippen molar-refractivity contribution in [2.75, 3.05) is 44.6 Å². The molecule has 0 spiro atoms. The van der Waals surface area contributed by atoms with Gasteiger partial charge in [0.1, 0.15) is 5.76 Å². The number of fused-ring (bicyclic) bond motifs is 1. The van der Waals surface area contributed by atoms with Crippen molar-refractivity contribution in [1.82, 2.24) is 20.3 Å². The second-order valence-electron chi connectivity index (χ2n) is 8.95. The Morgan fingerprint density at radius 1 is 1.00 bits per heavy atom. The predicted molar refractivity (Wildman–Crippen MR) is 122 cm³/mol. The molecular weight excluding hydrogens is 406 g/mol. The number of nitrogens with zero attached hydrogens (tertiary/aromatic N) is 3. The first-order valence-electron chi connectivity index (χ1n) is 11.6. The van der Waals surface area contributed by atoms with E-state index in [0.29, 0.717) is 24.7 Å². The van der Waals surface area contributed by atoms with E-state index < -0.39 is 0 Å². The molecule has 1 saturated heterocycles. The molecule has 8 heteroatoms. The Kier molecular flexibility index (Phi) is 7.22. The van der Waals surface area contributed by atoms with Crippen LogP contribution < -0.4 is 10.6 Å². The molecule has 0 saturated carbocycles. The smallest absolute Gasteiger partial charge is 0.239 e. The molecule has 1 aromatic heterocycles. The number of benzene rings is 1. The fourth-order valence-electron chi connectivity index (χ4n) is 4.51. The van der Waals surface area contributed by atoms with Crippen LogP contribution in [-0.4, -0.2) is 66.0 Å². The third kappa shape index (κ3) is 5.95. The van der Waals surface area contributed by atoms with Crippen LogP contribution in [0, 0.1) is 6.92 Å². The number of aryl methyl sites for hydroxylation is 3. The highest BCUT2D eigenvalue weighted by atomic mass is 16.5. The van der Waals surface area contributed by atoms with Crippen LogP contribution in [-0.2, 0) is 22.4 Å². The number of hydrogen-bond acceptors (Lipinski definition) is 6. The zero-order chi connectivity index (χ0) is 22.5. The maximum atomic E-state index is 12.6. The molecule has 1 fully saturated rings. The highest BCUT2D eigenvalue weighted by Crippen LogP contribution is 2.24. The Balaban J connectivity index is 1.18. The lowest BCUT2D eigenvalue weighted by atomic mass is 9.89. The second-order valence-corrected chi connectivity index (χ2v) is 8.95. The van der Waals surface area contributed by atoms with E-state index in [2.05, 4.69) is 50.7 Å². The van der Waals surface area contributed by atoms with Gasteiger partial charge >= 0.3 is 0 Å². The van der Waals surface area contributed by atoms with E-state index in [1.807, 2.05) is 0 Å². The standard InChI is InChI=1S/C24H33N5O3/c1-17-13-22(27-32-17)26-24(31)16-29-11-9-28(10-12-29)15-23(30)25-18(2)20-8-7-19-5-3-4-6-21(19)14-20/h7-8,13-14,18H,3-6,9-12,15-16H2,1-2H3,(H,25,30)(H,26,27,31). The molecule has 1 aromatic carbocycles. The van der Waals surface area contributed by atoms with E-state index >= 15 is 0 Å². The highest BCUT2D eigenvalue weighted by Gasteiger charge is 2.22. The van der Waals surface area contributed by atoms with Gasteiger partial charge in [-0.2, -0.15) is 0 Å². The van der Waals surface area contributed by atoms with E-state index in [1.54, 1.807) is 13.0 Å². The van der Waals surface area contributed by atoms with Crippen molar-refractivity contribution in [1.29, 1.82) is 0 Å². The van der Waals surface area contributed by atoms with Gasteiger partial charge in [-0.25, -0.2) is 0 Å². The Labute approximate surface area is 189 Å². The average Bonchev–Trinajstić information content (AvgIpc) is 3.19. The lowest BCUT2D eigenvalue weighted by Crippen LogP contribution is -2.51. The van der Waals surface area contributed by atoms with Crippen molar-refractivity contribution in [3.8, 4) is 0 Å². The summed E-state index contributed by atoms with van der Waals surface area (Å²) in [5.41, 5.74) is 4.08. The van der Waals surface area contributed by atoms with Crippen LogP contribution in [0.25, 0.3) is 0 Å². The first-order valence-corrected chi connectivity index (χ1v) is 11.6. The largest absolute Gasteiger partial charge is 0.360 e. The van der Waals surface area contributed by atoms with E-state index in [0.717, 1.165) is 32.6 Å². The van der Waals surface area contributed by atoms with Gasteiger partial charge in [-0.15, -0.1) is 0 Å². The molecule has 172 valence electrons. The zero-order valence-electron chi connectivity index (χ0n) is 19.0. The minimum Gasteiger partial charge on any atom is -0.360 e. The van der Waals surface area contributed by atoms with Crippen LogP contribution in [0.1, 0.15) is 48.3 Å². The van der Waals surface area contributed by atoms with Crippen LogP contribution in [0.15, 0.2) is 28.8 Å². The van der Waals surface area contributed by atoms with Crippen molar-refractivity contribution >= 4 is 17.6 Å². The topological polar surface area (TPSA) is 90.7 Å². The predicted octanol–water partition coefficient (Wildman–Crippen LogP) is 2.30. The number of anilines is 1. The van der Waals surface area contributed by atoms with Crippen molar-refractivity contribution in [2.24, 2.45) is 0 Å². The lowest BCUT2D eigenvalue weighted by molar-refractivity contribution is -0.124. The molecule has 2 amide bonds. The molecule has 4 rings (SSSR count). The number of piperazine rings is 1. The fraction of sp³-hybridized carbons (Fsp3) is 0.542. The van der Waals surface area contributed by atoms with Crippen molar-refractivity contribution in [3.63, 3.8) is 0 Å².